The summed E-state index contributed by atoms with van der Waals surface area (Å²) in [7, 11) is -3.64. The van der Waals surface area contributed by atoms with Crippen LogP contribution in [-0.2, 0) is 10.0 Å². The van der Waals surface area contributed by atoms with Crippen LogP contribution in [0.3, 0.4) is 0 Å². The zero-order chi connectivity index (χ0) is 14.9. The summed E-state index contributed by atoms with van der Waals surface area (Å²) in [5.74, 6) is 0.304. The molecule has 0 saturated heterocycles. The highest BCUT2D eigenvalue weighted by Gasteiger charge is 2.37. The van der Waals surface area contributed by atoms with E-state index in [9.17, 15) is 8.42 Å². The Morgan fingerprint density at radius 1 is 1.24 bits per heavy atom. The van der Waals surface area contributed by atoms with Gasteiger partial charge in [0.25, 0.3) is 10.0 Å². The van der Waals surface area contributed by atoms with Crippen molar-refractivity contribution < 1.29 is 8.42 Å². The van der Waals surface area contributed by atoms with E-state index < -0.39 is 10.0 Å². The van der Waals surface area contributed by atoms with E-state index in [0.29, 0.717) is 5.82 Å². The summed E-state index contributed by atoms with van der Waals surface area (Å²) in [5.41, 5.74) is 0.818. The second-order valence-corrected chi connectivity index (χ2v) is 6.69. The van der Waals surface area contributed by atoms with Crippen LogP contribution in [0.2, 0.25) is 0 Å². The van der Waals surface area contributed by atoms with E-state index >= 15 is 0 Å². The van der Waals surface area contributed by atoms with Gasteiger partial charge >= 0.3 is 0 Å². The third-order valence-corrected chi connectivity index (χ3v) is 5.32. The number of rotatable bonds is 3. The van der Waals surface area contributed by atoms with E-state index in [2.05, 4.69) is 11.1 Å². The van der Waals surface area contributed by atoms with Gasteiger partial charge in [0.1, 0.15) is 5.82 Å². The zero-order valence-corrected chi connectivity index (χ0v) is 12.0. The van der Waals surface area contributed by atoms with Crippen molar-refractivity contribution in [3.05, 3.63) is 54.2 Å². The number of fused-ring (bicyclic) bond motifs is 1. The normalized spacial score (nSPS) is 17.3. The van der Waals surface area contributed by atoms with Crippen LogP contribution in [-0.4, -0.2) is 19.9 Å². The molecule has 2 heterocycles. The van der Waals surface area contributed by atoms with Gasteiger partial charge in [0, 0.05) is 30.6 Å². The number of anilines is 1. The summed E-state index contributed by atoms with van der Waals surface area (Å²) < 4.78 is 26.8. The Morgan fingerprint density at radius 2 is 2.00 bits per heavy atom. The molecule has 0 radical (unpaired) electrons. The Morgan fingerprint density at radius 3 is 2.71 bits per heavy atom. The molecule has 106 valence electrons. The standard InChI is InChI=1S/C15H13N3O2S/c16-9-8-12-11-18(15-14(12)7-4-10-17-15)21(19,20)13-5-2-1-3-6-13/h1-7,10,12H,8,11H2. The molecule has 1 atom stereocenters. The molecule has 3 rings (SSSR count). The second kappa shape index (κ2) is 5.19. The van der Waals surface area contributed by atoms with Crippen molar-refractivity contribution in [1.29, 1.82) is 5.26 Å². The molecule has 1 aromatic carbocycles. The smallest absolute Gasteiger partial charge is 0.249 e. The molecule has 0 fully saturated rings. The highest BCUT2D eigenvalue weighted by Crippen LogP contribution is 2.39. The van der Waals surface area contributed by atoms with Gasteiger partial charge in [-0.15, -0.1) is 0 Å². The second-order valence-electron chi connectivity index (χ2n) is 4.82. The molecule has 1 aromatic heterocycles. The van der Waals surface area contributed by atoms with Crippen LogP contribution < -0.4 is 4.31 Å². The maximum Gasteiger partial charge on any atom is 0.265 e. The van der Waals surface area contributed by atoms with Crippen LogP contribution in [0.5, 0.6) is 0 Å². The highest BCUT2D eigenvalue weighted by atomic mass is 32.2. The first-order chi connectivity index (χ1) is 10.1. The lowest BCUT2D eigenvalue weighted by Crippen LogP contribution is -2.30. The fourth-order valence-electron chi connectivity index (χ4n) is 2.54. The molecule has 6 heteroatoms. The molecule has 0 saturated carbocycles. The predicted octanol–water partition coefficient (Wildman–Crippen LogP) is 2.29. The number of pyridine rings is 1. The summed E-state index contributed by atoms with van der Waals surface area (Å²) in [5, 5.41) is 8.92. The topological polar surface area (TPSA) is 74.1 Å². The van der Waals surface area contributed by atoms with E-state index in [0.717, 1.165) is 5.56 Å². The molecule has 1 aliphatic rings. The van der Waals surface area contributed by atoms with Crippen LogP contribution in [0.15, 0.2) is 53.6 Å². The predicted molar refractivity (Wildman–Crippen MR) is 78.2 cm³/mol. The lowest BCUT2D eigenvalue weighted by atomic mass is 10.0. The van der Waals surface area contributed by atoms with Gasteiger partial charge in [-0.3, -0.25) is 0 Å². The fourth-order valence-corrected chi connectivity index (χ4v) is 4.05. The Labute approximate surface area is 123 Å². The van der Waals surface area contributed by atoms with Crippen LogP contribution in [0, 0.1) is 11.3 Å². The number of hydrogen-bond donors (Lipinski definition) is 0. The van der Waals surface area contributed by atoms with Crippen molar-refractivity contribution in [2.45, 2.75) is 17.2 Å². The van der Waals surface area contributed by atoms with E-state index in [-0.39, 0.29) is 23.8 Å². The Bertz CT molecular complexity index is 797. The molecule has 0 amide bonds. The number of sulfonamides is 1. The molecular formula is C15H13N3O2S. The number of hydrogen-bond acceptors (Lipinski definition) is 4. The monoisotopic (exact) mass is 299 g/mol. The first kappa shape index (κ1) is 13.6. The third-order valence-electron chi connectivity index (χ3n) is 3.55. The van der Waals surface area contributed by atoms with E-state index in [4.69, 9.17) is 5.26 Å². The molecule has 0 bridgehead atoms. The summed E-state index contributed by atoms with van der Waals surface area (Å²) in [6, 6.07) is 14.0. The molecule has 0 N–H and O–H groups in total. The van der Waals surface area contributed by atoms with Crippen molar-refractivity contribution in [1.82, 2.24) is 4.98 Å². The summed E-state index contributed by atoms with van der Waals surface area (Å²) in [4.78, 5) is 4.44. The summed E-state index contributed by atoms with van der Waals surface area (Å²) >= 11 is 0. The van der Waals surface area contributed by atoms with Gasteiger partial charge in [-0.1, -0.05) is 24.3 Å². The fraction of sp³-hybridized carbons (Fsp3) is 0.200. The number of nitrogens with zero attached hydrogens (tertiary/aromatic N) is 3. The number of benzene rings is 1. The molecular weight excluding hydrogens is 286 g/mol. The van der Waals surface area contributed by atoms with Gasteiger partial charge in [0.15, 0.2) is 0 Å². The lowest BCUT2D eigenvalue weighted by molar-refractivity contribution is 0.589. The maximum absolute atomic E-state index is 12.8. The van der Waals surface area contributed by atoms with Crippen molar-refractivity contribution >= 4 is 15.8 Å². The average Bonchev–Trinajstić information content (AvgIpc) is 2.88. The summed E-state index contributed by atoms with van der Waals surface area (Å²) in [6.07, 6.45) is 1.85. The molecule has 2 aromatic rings. The molecule has 21 heavy (non-hydrogen) atoms. The van der Waals surface area contributed by atoms with Crippen molar-refractivity contribution in [3.63, 3.8) is 0 Å². The minimum Gasteiger partial charge on any atom is -0.249 e. The van der Waals surface area contributed by atoms with E-state index in [1.807, 2.05) is 6.07 Å². The van der Waals surface area contributed by atoms with Gasteiger partial charge in [0.2, 0.25) is 0 Å². The van der Waals surface area contributed by atoms with Gasteiger partial charge in [-0.2, -0.15) is 5.26 Å². The largest absolute Gasteiger partial charge is 0.265 e. The Hall–Kier alpha value is -2.39. The van der Waals surface area contributed by atoms with Crippen LogP contribution >= 0.6 is 0 Å². The Balaban J connectivity index is 2.07. The Kier molecular flexibility index (Phi) is 3.35. The van der Waals surface area contributed by atoms with Gasteiger partial charge in [0.05, 0.1) is 11.0 Å². The average molecular weight is 299 g/mol. The number of aromatic nitrogens is 1. The highest BCUT2D eigenvalue weighted by molar-refractivity contribution is 7.92. The lowest BCUT2D eigenvalue weighted by Gasteiger charge is -2.18. The first-order valence-electron chi connectivity index (χ1n) is 6.54. The molecule has 1 aliphatic heterocycles. The van der Waals surface area contributed by atoms with Crippen molar-refractivity contribution in [2.75, 3.05) is 10.8 Å². The number of nitriles is 1. The molecule has 1 unspecified atom stereocenters. The van der Waals surface area contributed by atoms with E-state index in [1.54, 1.807) is 42.6 Å². The third kappa shape index (κ3) is 2.26. The van der Waals surface area contributed by atoms with Gasteiger partial charge in [-0.05, 0) is 18.2 Å². The quantitative estimate of drug-likeness (QED) is 0.871. The zero-order valence-electron chi connectivity index (χ0n) is 11.2. The van der Waals surface area contributed by atoms with Crippen LogP contribution in [0.4, 0.5) is 5.82 Å². The van der Waals surface area contributed by atoms with Gasteiger partial charge < -0.3 is 0 Å². The SMILES string of the molecule is N#CCC1CN(S(=O)(=O)c2ccccc2)c2ncccc21. The molecule has 0 spiro atoms. The minimum absolute atomic E-state index is 0.128. The van der Waals surface area contributed by atoms with Crippen molar-refractivity contribution in [2.24, 2.45) is 0 Å². The van der Waals surface area contributed by atoms with Gasteiger partial charge in [-0.25, -0.2) is 17.7 Å². The van der Waals surface area contributed by atoms with E-state index in [1.165, 1.54) is 4.31 Å². The molecule has 0 aliphatic carbocycles. The van der Waals surface area contributed by atoms with Crippen LogP contribution in [0.1, 0.15) is 17.9 Å². The van der Waals surface area contributed by atoms with Crippen LogP contribution in [0.25, 0.3) is 0 Å². The molecule has 5 nitrogen and oxygen atoms in total. The first-order valence-corrected chi connectivity index (χ1v) is 7.98. The summed E-state index contributed by atoms with van der Waals surface area (Å²) in [6.45, 7) is 0.261. The maximum atomic E-state index is 12.8. The van der Waals surface area contributed by atoms with Crippen molar-refractivity contribution in [3.8, 4) is 6.07 Å². The minimum atomic E-state index is -3.64.